The molecule has 0 saturated carbocycles. The van der Waals surface area contributed by atoms with Crippen molar-refractivity contribution in [2.45, 2.75) is 13.3 Å². The van der Waals surface area contributed by atoms with Gasteiger partial charge in [-0.1, -0.05) is 23.7 Å². The monoisotopic (exact) mass is 390 g/mol. The maximum Gasteiger partial charge on any atom is 0.280 e. The van der Waals surface area contributed by atoms with Gasteiger partial charge >= 0.3 is 0 Å². The van der Waals surface area contributed by atoms with E-state index >= 15 is 0 Å². The number of aromatic nitrogens is 1. The zero-order valence-electron chi connectivity index (χ0n) is 14.9. The summed E-state index contributed by atoms with van der Waals surface area (Å²) in [5.41, 5.74) is 4.59. The molecule has 1 amide bonds. The molecule has 8 heteroatoms. The van der Waals surface area contributed by atoms with E-state index in [-0.39, 0.29) is 36.3 Å². The largest absolute Gasteiger partial charge is 0.463 e. The number of halogens is 1. The second kappa shape index (κ2) is 7.96. The molecule has 0 saturated heterocycles. The van der Waals surface area contributed by atoms with Crippen LogP contribution in [0, 0.1) is 6.92 Å². The number of carbonyl (C=O) groups excluding carboxylic acids is 1. The smallest absolute Gasteiger partial charge is 0.280 e. The second-order valence-electron chi connectivity index (χ2n) is 6.12. The Balaban J connectivity index is 2.14. The number of nitrogens with zero attached hydrogens (tertiary/aromatic N) is 1. The predicted octanol–water partition coefficient (Wildman–Crippen LogP) is 2.34. The highest BCUT2D eigenvalue weighted by Crippen LogP contribution is 2.26. The standard InChI is InChI=1S/C19H19ClN2O5/c1-11-3-4-12(14(20)9-11)10-15-16(18(24)21-27-8-6-23)17-13(5-7-26-17)19(25)22(15)2/h3-5,7,9,23H,6,8,10H2,1-2H3,(H,21,24). The number of aryl methyl sites for hydroxylation is 1. The third-order valence-corrected chi connectivity index (χ3v) is 4.62. The molecule has 0 atom stereocenters. The summed E-state index contributed by atoms with van der Waals surface area (Å²) in [7, 11) is 1.59. The van der Waals surface area contributed by atoms with Crippen molar-refractivity contribution in [1.82, 2.24) is 10.0 Å². The van der Waals surface area contributed by atoms with E-state index in [2.05, 4.69) is 5.48 Å². The van der Waals surface area contributed by atoms with E-state index in [4.69, 9.17) is 26.0 Å². The number of aliphatic hydroxyl groups is 1. The summed E-state index contributed by atoms with van der Waals surface area (Å²) in [6, 6.07) is 7.11. The molecule has 0 fully saturated rings. The fourth-order valence-electron chi connectivity index (χ4n) is 2.90. The maximum atomic E-state index is 12.7. The summed E-state index contributed by atoms with van der Waals surface area (Å²) in [4.78, 5) is 30.3. The molecule has 0 unspecified atom stereocenters. The SMILES string of the molecule is Cc1ccc(Cc2c(C(=O)NOCCO)c3occc3c(=O)n2C)c(Cl)c1. The number of hydrogen-bond donors (Lipinski definition) is 2. The first kappa shape index (κ1) is 19.2. The summed E-state index contributed by atoms with van der Waals surface area (Å²) in [6.07, 6.45) is 1.62. The molecular weight excluding hydrogens is 372 g/mol. The van der Waals surface area contributed by atoms with Gasteiger partial charge in [-0.05, 0) is 30.2 Å². The Morgan fingerprint density at radius 1 is 1.37 bits per heavy atom. The van der Waals surface area contributed by atoms with Crippen molar-refractivity contribution in [2.24, 2.45) is 7.05 Å². The maximum absolute atomic E-state index is 12.7. The van der Waals surface area contributed by atoms with E-state index in [1.165, 1.54) is 16.9 Å². The molecule has 2 aromatic heterocycles. The fourth-order valence-corrected chi connectivity index (χ4v) is 3.21. The number of hydroxylamine groups is 1. The van der Waals surface area contributed by atoms with Crippen LogP contribution >= 0.6 is 11.6 Å². The van der Waals surface area contributed by atoms with Gasteiger partial charge < -0.3 is 14.1 Å². The van der Waals surface area contributed by atoms with Crippen LogP contribution in [-0.4, -0.2) is 28.8 Å². The van der Waals surface area contributed by atoms with Gasteiger partial charge in [-0.3, -0.25) is 14.4 Å². The summed E-state index contributed by atoms with van der Waals surface area (Å²) >= 11 is 6.34. The van der Waals surface area contributed by atoms with Gasteiger partial charge in [-0.25, -0.2) is 5.48 Å². The van der Waals surface area contributed by atoms with E-state index in [1.807, 2.05) is 25.1 Å². The van der Waals surface area contributed by atoms with Crippen LogP contribution in [0.25, 0.3) is 11.0 Å². The highest BCUT2D eigenvalue weighted by molar-refractivity contribution is 6.31. The molecule has 3 aromatic rings. The topological polar surface area (TPSA) is 93.7 Å². The van der Waals surface area contributed by atoms with Crippen LogP contribution in [0.5, 0.6) is 0 Å². The van der Waals surface area contributed by atoms with Crippen LogP contribution in [0.15, 0.2) is 39.7 Å². The minimum atomic E-state index is -0.572. The molecule has 0 bridgehead atoms. The van der Waals surface area contributed by atoms with E-state index < -0.39 is 5.91 Å². The normalized spacial score (nSPS) is 11.1. The molecular formula is C19H19ClN2O5. The lowest BCUT2D eigenvalue weighted by Crippen LogP contribution is -2.30. The van der Waals surface area contributed by atoms with Gasteiger partial charge in [0.1, 0.15) is 5.56 Å². The number of amides is 1. The summed E-state index contributed by atoms with van der Waals surface area (Å²) < 4.78 is 6.84. The average molecular weight is 391 g/mol. The van der Waals surface area contributed by atoms with Crippen LogP contribution in [0.1, 0.15) is 27.2 Å². The van der Waals surface area contributed by atoms with Crippen LogP contribution in [0.4, 0.5) is 0 Å². The third kappa shape index (κ3) is 3.75. The second-order valence-corrected chi connectivity index (χ2v) is 6.53. The van der Waals surface area contributed by atoms with Crippen LogP contribution < -0.4 is 11.0 Å². The molecule has 2 N–H and O–H groups in total. The highest BCUT2D eigenvalue weighted by atomic mass is 35.5. The zero-order valence-corrected chi connectivity index (χ0v) is 15.7. The Morgan fingerprint density at radius 3 is 2.85 bits per heavy atom. The van der Waals surface area contributed by atoms with Gasteiger partial charge in [0.2, 0.25) is 0 Å². The molecule has 142 valence electrons. The van der Waals surface area contributed by atoms with Gasteiger partial charge in [-0.15, -0.1) is 0 Å². The van der Waals surface area contributed by atoms with Crippen LogP contribution in [0.2, 0.25) is 5.02 Å². The van der Waals surface area contributed by atoms with Crippen molar-refractivity contribution in [1.29, 1.82) is 0 Å². The van der Waals surface area contributed by atoms with Crippen LogP contribution in [-0.2, 0) is 18.3 Å². The Hall–Kier alpha value is -2.61. The summed E-state index contributed by atoms with van der Waals surface area (Å²) in [5.74, 6) is -0.572. The van der Waals surface area contributed by atoms with Gasteiger partial charge in [0.15, 0.2) is 5.58 Å². The Bertz CT molecular complexity index is 1050. The number of aliphatic hydroxyl groups excluding tert-OH is 1. The van der Waals surface area contributed by atoms with Crippen LogP contribution in [0.3, 0.4) is 0 Å². The quantitative estimate of drug-likeness (QED) is 0.497. The summed E-state index contributed by atoms with van der Waals surface area (Å²) in [6.45, 7) is 1.63. The van der Waals surface area contributed by atoms with E-state index in [1.54, 1.807) is 7.05 Å². The molecule has 0 spiro atoms. The minimum absolute atomic E-state index is 0.0576. The Morgan fingerprint density at radius 2 is 2.15 bits per heavy atom. The van der Waals surface area contributed by atoms with Crippen molar-refractivity contribution < 1.29 is 19.2 Å². The molecule has 7 nitrogen and oxygen atoms in total. The number of rotatable bonds is 6. The first-order valence-electron chi connectivity index (χ1n) is 8.31. The van der Waals surface area contributed by atoms with Crippen molar-refractivity contribution >= 4 is 28.5 Å². The molecule has 2 heterocycles. The fraction of sp³-hybridized carbons (Fsp3) is 0.263. The first-order valence-corrected chi connectivity index (χ1v) is 8.69. The number of fused-ring (bicyclic) bond motifs is 1. The first-order chi connectivity index (χ1) is 12.9. The van der Waals surface area contributed by atoms with Crippen molar-refractivity contribution in [3.05, 3.63) is 68.3 Å². The van der Waals surface area contributed by atoms with Gasteiger partial charge in [0, 0.05) is 24.2 Å². The number of pyridine rings is 1. The van der Waals surface area contributed by atoms with E-state index in [0.29, 0.717) is 16.1 Å². The molecule has 0 radical (unpaired) electrons. The lowest BCUT2D eigenvalue weighted by molar-refractivity contribution is 0.0167. The molecule has 0 aliphatic heterocycles. The molecule has 1 aromatic carbocycles. The number of hydrogen-bond acceptors (Lipinski definition) is 5. The van der Waals surface area contributed by atoms with Crippen molar-refractivity contribution in [3.63, 3.8) is 0 Å². The number of carbonyl (C=O) groups is 1. The lowest BCUT2D eigenvalue weighted by atomic mass is 10.0. The van der Waals surface area contributed by atoms with Crippen molar-refractivity contribution in [2.75, 3.05) is 13.2 Å². The predicted molar refractivity (Wildman–Crippen MR) is 101 cm³/mol. The molecule has 27 heavy (non-hydrogen) atoms. The Kier molecular flexibility index (Phi) is 5.65. The molecule has 0 aliphatic carbocycles. The van der Waals surface area contributed by atoms with E-state index in [0.717, 1.165) is 11.1 Å². The Labute approximate surface area is 160 Å². The van der Waals surface area contributed by atoms with E-state index in [9.17, 15) is 9.59 Å². The van der Waals surface area contributed by atoms with Gasteiger partial charge in [0.05, 0.1) is 24.9 Å². The number of nitrogens with one attached hydrogen (secondary N) is 1. The zero-order chi connectivity index (χ0) is 19.6. The average Bonchev–Trinajstić information content (AvgIpc) is 3.11. The van der Waals surface area contributed by atoms with Gasteiger partial charge in [-0.2, -0.15) is 0 Å². The third-order valence-electron chi connectivity index (χ3n) is 4.27. The highest BCUT2D eigenvalue weighted by Gasteiger charge is 2.24. The lowest BCUT2D eigenvalue weighted by Gasteiger charge is -2.15. The minimum Gasteiger partial charge on any atom is -0.463 e. The summed E-state index contributed by atoms with van der Waals surface area (Å²) in [5, 5.41) is 9.66. The number of benzene rings is 1. The molecule has 0 aliphatic rings. The molecule has 3 rings (SSSR count). The number of furan rings is 1. The van der Waals surface area contributed by atoms with Gasteiger partial charge in [0.25, 0.3) is 11.5 Å². The van der Waals surface area contributed by atoms with Crippen molar-refractivity contribution in [3.8, 4) is 0 Å².